The van der Waals surface area contributed by atoms with Crippen LogP contribution < -0.4 is 4.74 Å². The number of hydrogen-bond acceptors (Lipinski definition) is 3. The Morgan fingerprint density at radius 2 is 2.00 bits per heavy atom. The maximum atomic E-state index is 13.7. The van der Waals surface area contributed by atoms with Crippen molar-refractivity contribution >= 4 is 27.3 Å². The molecule has 3 nitrogen and oxygen atoms in total. The number of rotatable bonds is 4. The Hall–Kier alpha value is -2.40. The highest BCUT2D eigenvalue weighted by Gasteiger charge is 2.16. The van der Waals surface area contributed by atoms with Gasteiger partial charge >= 0.3 is 0 Å². The summed E-state index contributed by atoms with van der Waals surface area (Å²) in [6.45, 7) is 0.239. The van der Waals surface area contributed by atoms with Gasteiger partial charge in [-0.3, -0.25) is 4.79 Å². The number of hydrogen-bond donors (Lipinski definition) is 0. The molecule has 0 aliphatic rings. The molecule has 0 aliphatic heterocycles. The molecule has 3 aromatic rings. The molecule has 0 aliphatic carbocycles. The second kappa shape index (κ2) is 6.38. The van der Waals surface area contributed by atoms with Gasteiger partial charge in [0.1, 0.15) is 11.6 Å². The van der Waals surface area contributed by atoms with Crippen molar-refractivity contribution in [3.05, 3.63) is 64.8 Å². The molecule has 0 fully saturated rings. The molecule has 118 valence electrons. The molecule has 3 rings (SSSR count). The Morgan fingerprint density at radius 3 is 2.74 bits per heavy atom. The summed E-state index contributed by atoms with van der Waals surface area (Å²) >= 11 is 1.43. The normalized spacial score (nSPS) is 10.7. The molecule has 1 amide bonds. The quantitative estimate of drug-likeness (QED) is 0.713. The first-order valence-electron chi connectivity index (χ1n) is 7.15. The van der Waals surface area contributed by atoms with Crippen molar-refractivity contribution in [1.29, 1.82) is 0 Å². The van der Waals surface area contributed by atoms with Crippen LogP contribution in [0, 0.1) is 5.82 Å². The molecule has 0 saturated heterocycles. The van der Waals surface area contributed by atoms with E-state index in [-0.39, 0.29) is 18.3 Å². The molecule has 2 aromatic carbocycles. The Labute approximate surface area is 137 Å². The number of thiophene rings is 1. The first-order valence-corrected chi connectivity index (χ1v) is 7.96. The topological polar surface area (TPSA) is 29.5 Å². The molecule has 0 unspecified atom stereocenters. The second-order valence-electron chi connectivity index (χ2n) is 5.27. The minimum Gasteiger partial charge on any atom is -0.497 e. The SMILES string of the molecule is COc1ccc2sc(C(=O)N(C)Cc3ccccc3F)cc2c1. The van der Waals surface area contributed by atoms with Crippen LogP contribution in [-0.4, -0.2) is 25.0 Å². The van der Waals surface area contributed by atoms with Crippen molar-refractivity contribution in [3.8, 4) is 5.75 Å². The fourth-order valence-electron chi connectivity index (χ4n) is 2.40. The van der Waals surface area contributed by atoms with Gasteiger partial charge < -0.3 is 9.64 Å². The first kappa shape index (κ1) is 15.5. The van der Waals surface area contributed by atoms with Gasteiger partial charge in [0.05, 0.1) is 12.0 Å². The smallest absolute Gasteiger partial charge is 0.264 e. The second-order valence-corrected chi connectivity index (χ2v) is 6.35. The van der Waals surface area contributed by atoms with E-state index in [0.717, 1.165) is 15.8 Å². The lowest BCUT2D eigenvalue weighted by atomic mass is 10.2. The van der Waals surface area contributed by atoms with Gasteiger partial charge in [0.2, 0.25) is 0 Å². The summed E-state index contributed by atoms with van der Waals surface area (Å²) < 4.78 is 19.9. The van der Waals surface area contributed by atoms with Crippen LogP contribution in [0.1, 0.15) is 15.2 Å². The number of carbonyl (C=O) groups is 1. The van der Waals surface area contributed by atoms with E-state index in [0.29, 0.717) is 10.4 Å². The zero-order chi connectivity index (χ0) is 16.4. The van der Waals surface area contributed by atoms with E-state index in [1.807, 2.05) is 24.3 Å². The lowest BCUT2D eigenvalue weighted by Gasteiger charge is -2.16. The standard InChI is InChI=1S/C18H16FNO2S/c1-20(11-12-5-3-4-6-15(12)19)18(21)17-10-13-9-14(22-2)7-8-16(13)23-17/h3-10H,11H2,1-2H3. The summed E-state index contributed by atoms with van der Waals surface area (Å²) in [6.07, 6.45) is 0. The van der Waals surface area contributed by atoms with E-state index in [9.17, 15) is 9.18 Å². The third kappa shape index (κ3) is 3.19. The van der Waals surface area contributed by atoms with Gasteiger partial charge in [0, 0.05) is 23.9 Å². The van der Waals surface area contributed by atoms with Crippen LogP contribution in [0.3, 0.4) is 0 Å². The highest BCUT2D eigenvalue weighted by Crippen LogP contribution is 2.29. The summed E-state index contributed by atoms with van der Waals surface area (Å²) in [7, 11) is 3.29. The Balaban J connectivity index is 1.83. The minimum absolute atomic E-state index is 0.117. The Kier molecular flexibility index (Phi) is 4.30. The van der Waals surface area contributed by atoms with E-state index < -0.39 is 0 Å². The summed E-state index contributed by atoms with van der Waals surface area (Å²) in [4.78, 5) is 14.7. The molecule has 1 heterocycles. The molecule has 0 radical (unpaired) electrons. The molecule has 0 N–H and O–H groups in total. The number of carbonyl (C=O) groups excluding carboxylic acids is 1. The van der Waals surface area contributed by atoms with Gasteiger partial charge in [-0.1, -0.05) is 18.2 Å². The van der Waals surface area contributed by atoms with Gasteiger partial charge in [-0.25, -0.2) is 4.39 Å². The van der Waals surface area contributed by atoms with Crippen molar-refractivity contribution in [2.75, 3.05) is 14.2 Å². The van der Waals surface area contributed by atoms with Gasteiger partial charge in [-0.15, -0.1) is 11.3 Å². The van der Waals surface area contributed by atoms with E-state index in [2.05, 4.69) is 0 Å². The fraction of sp³-hybridized carbons (Fsp3) is 0.167. The third-order valence-electron chi connectivity index (χ3n) is 3.65. The number of nitrogens with zero attached hydrogens (tertiary/aromatic N) is 1. The molecule has 1 aromatic heterocycles. The molecule has 23 heavy (non-hydrogen) atoms. The molecule has 5 heteroatoms. The van der Waals surface area contributed by atoms with Crippen LogP contribution in [0.25, 0.3) is 10.1 Å². The van der Waals surface area contributed by atoms with E-state index >= 15 is 0 Å². The highest BCUT2D eigenvalue weighted by atomic mass is 32.1. The minimum atomic E-state index is -0.298. The molecule has 0 spiro atoms. The maximum absolute atomic E-state index is 13.7. The Bertz CT molecular complexity index is 859. The predicted molar refractivity (Wildman–Crippen MR) is 90.6 cm³/mol. The molecular weight excluding hydrogens is 313 g/mol. The van der Waals surface area contributed by atoms with E-state index in [1.165, 1.54) is 22.3 Å². The van der Waals surface area contributed by atoms with Gasteiger partial charge in [-0.05, 0) is 35.7 Å². The van der Waals surface area contributed by atoms with Crippen LogP contribution in [0.5, 0.6) is 5.75 Å². The maximum Gasteiger partial charge on any atom is 0.264 e. The fourth-order valence-corrected chi connectivity index (χ4v) is 3.43. The van der Waals surface area contributed by atoms with Gasteiger partial charge in [0.15, 0.2) is 0 Å². The van der Waals surface area contributed by atoms with Crippen molar-refractivity contribution < 1.29 is 13.9 Å². The van der Waals surface area contributed by atoms with Crippen LogP contribution in [0.15, 0.2) is 48.5 Å². The number of amides is 1. The molecule has 0 saturated carbocycles. The lowest BCUT2D eigenvalue weighted by molar-refractivity contribution is 0.0788. The summed E-state index contributed by atoms with van der Waals surface area (Å²) in [5.41, 5.74) is 0.506. The molecular formula is C18H16FNO2S. The zero-order valence-corrected chi connectivity index (χ0v) is 13.7. The van der Waals surface area contributed by atoms with Gasteiger partial charge in [-0.2, -0.15) is 0 Å². The Morgan fingerprint density at radius 1 is 1.22 bits per heavy atom. The third-order valence-corrected chi connectivity index (χ3v) is 4.75. The van der Waals surface area contributed by atoms with Crippen LogP contribution in [0.4, 0.5) is 4.39 Å². The zero-order valence-electron chi connectivity index (χ0n) is 12.9. The van der Waals surface area contributed by atoms with E-state index in [1.54, 1.807) is 32.4 Å². The van der Waals surface area contributed by atoms with Crippen LogP contribution in [0.2, 0.25) is 0 Å². The summed E-state index contributed by atoms with van der Waals surface area (Å²) in [5.74, 6) is 0.343. The lowest BCUT2D eigenvalue weighted by Crippen LogP contribution is -2.25. The van der Waals surface area contributed by atoms with Crippen molar-refractivity contribution in [1.82, 2.24) is 4.90 Å². The average Bonchev–Trinajstić information content (AvgIpc) is 2.99. The highest BCUT2D eigenvalue weighted by molar-refractivity contribution is 7.20. The summed E-state index contributed by atoms with van der Waals surface area (Å²) in [6, 6.07) is 14.1. The summed E-state index contributed by atoms with van der Waals surface area (Å²) in [5, 5.41) is 0.969. The predicted octanol–water partition coefficient (Wildman–Crippen LogP) is 4.32. The number of benzene rings is 2. The number of ether oxygens (including phenoxy) is 1. The molecule has 0 atom stereocenters. The van der Waals surface area contributed by atoms with Crippen molar-refractivity contribution in [2.45, 2.75) is 6.54 Å². The van der Waals surface area contributed by atoms with Crippen molar-refractivity contribution in [3.63, 3.8) is 0 Å². The van der Waals surface area contributed by atoms with Crippen molar-refractivity contribution in [2.24, 2.45) is 0 Å². The monoisotopic (exact) mass is 329 g/mol. The van der Waals surface area contributed by atoms with Crippen LogP contribution in [-0.2, 0) is 6.54 Å². The van der Waals surface area contributed by atoms with E-state index in [4.69, 9.17) is 4.74 Å². The number of fused-ring (bicyclic) bond motifs is 1. The molecule has 0 bridgehead atoms. The van der Waals surface area contributed by atoms with Crippen LogP contribution >= 0.6 is 11.3 Å². The number of methoxy groups -OCH3 is 1. The first-order chi connectivity index (χ1) is 11.1. The number of halogens is 1. The average molecular weight is 329 g/mol. The largest absolute Gasteiger partial charge is 0.497 e. The van der Waals surface area contributed by atoms with Gasteiger partial charge in [0.25, 0.3) is 5.91 Å².